The number of hydrogen-bond acceptors (Lipinski definition) is 3. The maximum absolute atomic E-state index is 12.6. The molecule has 0 aromatic heterocycles. The van der Waals surface area contributed by atoms with Gasteiger partial charge in [0.2, 0.25) is 5.91 Å². The van der Waals surface area contributed by atoms with E-state index in [0.717, 1.165) is 11.1 Å². The molecule has 0 spiro atoms. The van der Waals surface area contributed by atoms with E-state index in [1.165, 1.54) is 0 Å². The highest BCUT2D eigenvalue weighted by Gasteiger charge is 2.26. The van der Waals surface area contributed by atoms with Gasteiger partial charge in [0.1, 0.15) is 12.6 Å². The van der Waals surface area contributed by atoms with Gasteiger partial charge in [-0.1, -0.05) is 67.9 Å². The summed E-state index contributed by atoms with van der Waals surface area (Å²) in [5, 5.41) is 6.22. The number of rotatable bonds is 7. The third-order valence-electron chi connectivity index (χ3n) is 4.16. The summed E-state index contributed by atoms with van der Waals surface area (Å²) < 4.78 is 5.22. The molecule has 5 nitrogen and oxygen atoms in total. The molecule has 0 fully saturated rings. The van der Waals surface area contributed by atoms with Crippen LogP contribution in [0.2, 0.25) is 5.02 Å². The molecule has 0 heterocycles. The topological polar surface area (TPSA) is 67.4 Å². The van der Waals surface area contributed by atoms with Crippen molar-refractivity contribution in [1.29, 1.82) is 0 Å². The van der Waals surface area contributed by atoms with E-state index in [4.69, 9.17) is 16.3 Å². The second-order valence-corrected chi connectivity index (χ2v) is 7.15. The average molecular weight is 389 g/mol. The first-order valence-corrected chi connectivity index (χ1v) is 9.27. The Morgan fingerprint density at radius 3 is 2.19 bits per heavy atom. The largest absolute Gasteiger partial charge is 0.445 e. The lowest BCUT2D eigenvalue weighted by Gasteiger charge is -2.24. The van der Waals surface area contributed by atoms with Crippen molar-refractivity contribution in [2.24, 2.45) is 5.92 Å². The van der Waals surface area contributed by atoms with Crippen LogP contribution < -0.4 is 10.6 Å². The predicted octanol–water partition coefficient (Wildman–Crippen LogP) is 4.47. The Labute approximate surface area is 165 Å². The van der Waals surface area contributed by atoms with Gasteiger partial charge in [0, 0.05) is 5.02 Å². The van der Waals surface area contributed by atoms with E-state index in [0.29, 0.717) is 5.02 Å². The zero-order chi connectivity index (χ0) is 19.8. The first-order valence-electron chi connectivity index (χ1n) is 8.90. The zero-order valence-electron chi connectivity index (χ0n) is 15.7. The monoisotopic (exact) mass is 388 g/mol. The van der Waals surface area contributed by atoms with E-state index in [-0.39, 0.29) is 24.5 Å². The van der Waals surface area contributed by atoms with Crippen LogP contribution in [0.25, 0.3) is 0 Å². The Balaban J connectivity index is 1.91. The summed E-state index contributed by atoms with van der Waals surface area (Å²) in [5.41, 5.74) is 1.82. The number of hydrogen-bond donors (Lipinski definition) is 2. The molecule has 0 radical (unpaired) electrons. The molecule has 0 saturated carbocycles. The number of carbonyl (C=O) groups is 2. The maximum Gasteiger partial charge on any atom is 0.408 e. The number of ether oxygens (including phenoxy) is 1. The lowest BCUT2D eigenvalue weighted by atomic mass is 10.0. The minimum absolute atomic E-state index is 0.0910. The first-order chi connectivity index (χ1) is 12.9. The van der Waals surface area contributed by atoms with E-state index in [2.05, 4.69) is 10.6 Å². The van der Waals surface area contributed by atoms with Crippen molar-refractivity contribution in [2.45, 2.75) is 39.5 Å². The molecule has 2 amide bonds. The molecule has 2 aromatic rings. The Hall–Kier alpha value is -2.53. The maximum atomic E-state index is 12.6. The summed E-state index contributed by atoms with van der Waals surface area (Å²) in [4.78, 5) is 24.7. The van der Waals surface area contributed by atoms with Gasteiger partial charge >= 0.3 is 6.09 Å². The number of halogens is 1. The van der Waals surface area contributed by atoms with Crippen LogP contribution >= 0.6 is 11.6 Å². The summed E-state index contributed by atoms with van der Waals surface area (Å²) in [6.45, 7) is 5.77. The number of nitrogens with one attached hydrogen (secondary N) is 2. The fraction of sp³-hybridized carbons (Fsp3) is 0.333. The number of alkyl carbamates (subject to hydrolysis) is 1. The van der Waals surface area contributed by atoms with E-state index in [9.17, 15) is 9.59 Å². The Morgan fingerprint density at radius 2 is 1.59 bits per heavy atom. The highest BCUT2D eigenvalue weighted by Crippen LogP contribution is 2.16. The van der Waals surface area contributed by atoms with Gasteiger partial charge in [0.15, 0.2) is 0 Å². The van der Waals surface area contributed by atoms with Gasteiger partial charge in [-0.3, -0.25) is 4.79 Å². The Morgan fingerprint density at radius 1 is 0.963 bits per heavy atom. The minimum atomic E-state index is -0.692. The van der Waals surface area contributed by atoms with E-state index >= 15 is 0 Å². The van der Waals surface area contributed by atoms with Crippen LogP contribution in [0.1, 0.15) is 37.9 Å². The van der Waals surface area contributed by atoms with Gasteiger partial charge in [-0.2, -0.15) is 0 Å². The quantitative estimate of drug-likeness (QED) is 0.735. The molecule has 0 aliphatic rings. The Bertz CT molecular complexity index is 748. The number of carbonyl (C=O) groups excluding carboxylic acids is 2. The summed E-state index contributed by atoms with van der Waals surface area (Å²) in [6.07, 6.45) is -0.619. The van der Waals surface area contributed by atoms with Crippen LogP contribution in [0.15, 0.2) is 54.6 Å². The van der Waals surface area contributed by atoms with Gasteiger partial charge in [0.05, 0.1) is 6.04 Å². The van der Waals surface area contributed by atoms with Gasteiger partial charge in [-0.15, -0.1) is 0 Å². The summed E-state index contributed by atoms with van der Waals surface area (Å²) in [6, 6.07) is 15.8. The molecule has 6 heteroatoms. The molecular weight excluding hydrogens is 364 g/mol. The predicted molar refractivity (Wildman–Crippen MR) is 106 cm³/mol. The van der Waals surface area contributed by atoms with Crippen molar-refractivity contribution in [3.05, 3.63) is 70.7 Å². The Kier molecular flexibility index (Phi) is 7.67. The van der Waals surface area contributed by atoms with Crippen molar-refractivity contribution in [1.82, 2.24) is 10.6 Å². The summed E-state index contributed by atoms with van der Waals surface area (Å²) >= 11 is 5.90. The number of amides is 2. The van der Waals surface area contributed by atoms with E-state index in [1.54, 1.807) is 12.1 Å². The SMILES string of the molecule is CC(NC(=O)C(NC(=O)OCc1ccccc1)C(C)C)c1ccc(Cl)cc1. The van der Waals surface area contributed by atoms with Crippen LogP contribution in [-0.4, -0.2) is 18.0 Å². The van der Waals surface area contributed by atoms with Crippen molar-refractivity contribution in [3.8, 4) is 0 Å². The van der Waals surface area contributed by atoms with Crippen LogP contribution in [0.4, 0.5) is 4.79 Å². The number of benzene rings is 2. The van der Waals surface area contributed by atoms with E-state index in [1.807, 2.05) is 63.2 Å². The molecule has 0 aliphatic heterocycles. The van der Waals surface area contributed by atoms with Crippen LogP contribution in [0.5, 0.6) is 0 Å². The smallest absolute Gasteiger partial charge is 0.408 e. The van der Waals surface area contributed by atoms with E-state index < -0.39 is 12.1 Å². The zero-order valence-corrected chi connectivity index (χ0v) is 16.5. The molecule has 0 aliphatic carbocycles. The third kappa shape index (κ3) is 6.61. The van der Waals surface area contributed by atoms with Gasteiger partial charge < -0.3 is 15.4 Å². The highest BCUT2D eigenvalue weighted by atomic mass is 35.5. The first kappa shape index (κ1) is 20.8. The van der Waals surface area contributed by atoms with Crippen molar-refractivity contribution in [2.75, 3.05) is 0 Å². The molecule has 2 N–H and O–H groups in total. The van der Waals surface area contributed by atoms with Gasteiger partial charge in [-0.05, 0) is 36.1 Å². The standard InChI is InChI=1S/C21H25ClN2O3/c1-14(2)19(24-21(26)27-13-16-7-5-4-6-8-16)20(25)23-15(3)17-9-11-18(22)12-10-17/h4-12,14-15,19H,13H2,1-3H3,(H,23,25)(H,24,26). The van der Waals surface area contributed by atoms with Crippen molar-refractivity contribution in [3.63, 3.8) is 0 Å². The second-order valence-electron chi connectivity index (χ2n) is 6.71. The third-order valence-corrected chi connectivity index (χ3v) is 4.42. The van der Waals surface area contributed by atoms with Crippen LogP contribution in [0, 0.1) is 5.92 Å². The fourth-order valence-corrected chi connectivity index (χ4v) is 2.69. The van der Waals surface area contributed by atoms with Crippen molar-refractivity contribution < 1.29 is 14.3 Å². The van der Waals surface area contributed by atoms with Crippen LogP contribution in [0.3, 0.4) is 0 Å². The lowest BCUT2D eigenvalue weighted by molar-refractivity contribution is -0.124. The lowest BCUT2D eigenvalue weighted by Crippen LogP contribution is -2.50. The molecule has 2 atom stereocenters. The average Bonchev–Trinajstić information content (AvgIpc) is 2.65. The second kappa shape index (κ2) is 9.97. The van der Waals surface area contributed by atoms with Crippen LogP contribution in [-0.2, 0) is 16.1 Å². The van der Waals surface area contributed by atoms with Gasteiger partial charge in [-0.25, -0.2) is 4.79 Å². The molecule has 0 bridgehead atoms. The molecule has 2 unspecified atom stereocenters. The summed E-state index contributed by atoms with van der Waals surface area (Å²) in [7, 11) is 0. The fourth-order valence-electron chi connectivity index (χ4n) is 2.56. The molecule has 144 valence electrons. The molecule has 2 aromatic carbocycles. The van der Waals surface area contributed by atoms with Gasteiger partial charge in [0.25, 0.3) is 0 Å². The molecule has 2 rings (SSSR count). The molecular formula is C21H25ClN2O3. The minimum Gasteiger partial charge on any atom is -0.445 e. The molecule has 27 heavy (non-hydrogen) atoms. The van der Waals surface area contributed by atoms with Crippen molar-refractivity contribution >= 4 is 23.6 Å². The molecule has 0 saturated heterocycles. The highest BCUT2D eigenvalue weighted by molar-refractivity contribution is 6.30. The normalized spacial score (nSPS) is 12.9. The summed E-state index contributed by atoms with van der Waals surface area (Å²) in [5.74, 6) is -0.351.